The molecule has 2 atom stereocenters. The average molecular weight is 270 g/mol. The number of hydrogen-bond donors (Lipinski definition) is 1. The minimum absolute atomic E-state index is 0.0581. The van der Waals surface area contributed by atoms with Gasteiger partial charge in [0.25, 0.3) is 0 Å². The van der Waals surface area contributed by atoms with Crippen LogP contribution in [0.5, 0.6) is 11.5 Å². The molecule has 0 amide bonds. The van der Waals surface area contributed by atoms with Gasteiger partial charge in [0.1, 0.15) is 0 Å². The third-order valence-electron chi connectivity index (χ3n) is 3.45. The van der Waals surface area contributed by atoms with Crippen LogP contribution in [-0.2, 0) is 9.84 Å². The Morgan fingerprint density at radius 2 is 2.06 bits per heavy atom. The summed E-state index contributed by atoms with van der Waals surface area (Å²) in [7, 11) is -2.98. The maximum absolute atomic E-state index is 11.4. The zero-order chi connectivity index (χ0) is 12.8. The van der Waals surface area contributed by atoms with Crippen molar-refractivity contribution in [2.45, 2.75) is 12.5 Å². The molecule has 1 N–H and O–H groups in total. The highest BCUT2D eigenvalue weighted by Crippen LogP contribution is 2.37. The molecule has 1 fully saturated rings. The Morgan fingerprint density at radius 1 is 1.28 bits per heavy atom. The van der Waals surface area contributed by atoms with E-state index in [9.17, 15) is 13.5 Å². The van der Waals surface area contributed by atoms with E-state index in [1.165, 1.54) is 0 Å². The van der Waals surface area contributed by atoms with Crippen molar-refractivity contribution >= 4 is 9.84 Å². The van der Waals surface area contributed by atoms with Gasteiger partial charge in [0.05, 0.1) is 17.6 Å². The van der Waals surface area contributed by atoms with Crippen LogP contribution in [0, 0.1) is 5.92 Å². The summed E-state index contributed by atoms with van der Waals surface area (Å²) in [5.74, 6) is 1.26. The van der Waals surface area contributed by atoms with Crippen LogP contribution in [0.3, 0.4) is 0 Å². The molecule has 1 aromatic rings. The van der Waals surface area contributed by atoms with Crippen molar-refractivity contribution in [2.75, 3.05) is 18.3 Å². The molecular formula is C12H14O5S. The fraction of sp³-hybridized carbons (Fsp3) is 0.500. The first-order valence-electron chi connectivity index (χ1n) is 5.83. The second kappa shape index (κ2) is 4.13. The molecule has 98 valence electrons. The maximum Gasteiger partial charge on any atom is 0.231 e. The molecule has 2 aliphatic rings. The Labute approximate surface area is 105 Å². The highest BCUT2D eigenvalue weighted by Gasteiger charge is 2.34. The topological polar surface area (TPSA) is 72.8 Å². The number of benzene rings is 1. The van der Waals surface area contributed by atoms with Gasteiger partial charge in [-0.1, -0.05) is 6.07 Å². The largest absolute Gasteiger partial charge is 0.454 e. The summed E-state index contributed by atoms with van der Waals surface area (Å²) < 4.78 is 33.2. The lowest BCUT2D eigenvalue weighted by Gasteiger charge is -2.17. The minimum Gasteiger partial charge on any atom is -0.454 e. The maximum atomic E-state index is 11.4. The normalized spacial score (nSPS) is 26.2. The lowest BCUT2D eigenvalue weighted by Crippen LogP contribution is -2.14. The van der Waals surface area contributed by atoms with Crippen LogP contribution < -0.4 is 9.47 Å². The van der Waals surface area contributed by atoms with Crippen molar-refractivity contribution in [3.05, 3.63) is 23.8 Å². The van der Waals surface area contributed by atoms with Gasteiger partial charge in [-0.3, -0.25) is 0 Å². The molecule has 6 heteroatoms. The smallest absolute Gasteiger partial charge is 0.231 e. The monoisotopic (exact) mass is 270 g/mol. The molecule has 0 bridgehead atoms. The number of aliphatic hydroxyl groups excluding tert-OH is 1. The molecule has 0 radical (unpaired) electrons. The van der Waals surface area contributed by atoms with E-state index in [0.717, 1.165) is 0 Å². The minimum atomic E-state index is -2.98. The predicted octanol–water partition coefficient (Wildman–Crippen LogP) is 0.883. The molecule has 0 spiro atoms. The van der Waals surface area contributed by atoms with Crippen LogP contribution in [-0.4, -0.2) is 31.8 Å². The van der Waals surface area contributed by atoms with Gasteiger partial charge in [-0.2, -0.15) is 0 Å². The molecular weight excluding hydrogens is 256 g/mol. The second-order valence-electron chi connectivity index (χ2n) is 4.72. The Hall–Kier alpha value is -1.27. The van der Waals surface area contributed by atoms with E-state index < -0.39 is 15.9 Å². The lowest BCUT2D eigenvalue weighted by molar-refractivity contribution is 0.120. The molecule has 1 aromatic carbocycles. The number of hydrogen-bond acceptors (Lipinski definition) is 5. The summed E-state index contributed by atoms with van der Waals surface area (Å²) in [5, 5.41) is 10.2. The third-order valence-corrected chi connectivity index (χ3v) is 5.25. The van der Waals surface area contributed by atoms with Gasteiger partial charge in [0.15, 0.2) is 21.3 Å². The van der Waals surface area contributed by atoms with Crippen molar-refractivity contribution in [3.8, 4) is 11.5 Å². The molecule has 1 saturated heterocycles. The van der Waals surface area contributed by atoms with Gasteiger partial charge < -0.3 is 14.6 Å². The quantitative estimate of drug-likeness (QED) is 0.863. The first-order valence-corrected chi connectivity index (χ1v) is 7.65. The number of aliphatic hydroxyl groups is 1. The molecule has 0 saturated carbocycles. The molecule has 0 aromatic heterocycles. The van der Waals surface area contributed by atoms with Crippen LogP contribution in [0.15, 0.2) is 18.2 Å². The zero-order valence-electron chi connectivity index (χ0n) is 9.70. The summed E-state index contributed by atoms with van der Waals surface area (Å²) in [6.07, 6.45) is -0.255. The number of fused-ring (bicyclic) bond motifs is 1. The van der Waals surface area contributed by atoms with Gasteiger partial charge in [-0.05, 0) is 24.1 Å². The van der Waals surface area contributed by atoms with E-state index >= 15 is 0 Å². The number of ether oxygens (including phenoxy) is 2. The van der Waals surface area contributed by atoms with Crippen LogP contribution in [0.1, 0.15) is 18.1 Å². The van der Waals surface area contributed by atoms with E-state index in [1.54, 1.807) is 18.2 Å². The summed E-state index contributed by atoms with van der Waals surface area (Å²) in [4.78, 5) is 0. The lowest BCUT2D eigenvalue weighted by atomic mass is 9.95. The van der Waals surface area contributed by atoms with Crippen molar-refractivity contribution in [1.82, 2.24) is 0 Å². The summed E-state index contributed by atoms with van der Waals surface area (Å²) in [6.45, 7) is 0.187. The molecule has 2 aliphatic heterocycles. The summed E-state index contributed by atoms with van der Waals surface area (Å²) in [6, 6.07) is 5.21. The van der Waals surface area contributed by atoms with Crippen LogP contribution in [0.2, 0.25) is 0 Å². The van der Waals surface area contributed by atoms with E-state index in [1.807, 2.05) is 0 Å². The van der Waals surface area contributed by atoms with Crippen LogP contribution >= 0.6 is 0 Å². The second-order valence-corrected chi connectivity index (χ2v) is 6.95. The molecule has 2 heterocycles. The van der Waals surface area contributed by atoms with E-state index in [2.05, 4.69) is 0 Å². The van der Waals surface area contributed by atoms with Crippen molar-refractivity contribution < 1.29 is 23.0 Å². The number of sulfone groups is 1. The fourth-order valence-electron chi connectivity index (χ4n) is 2.44. The SMILES string of the molecule is O=S1(=O)CCC(C(O)c2ccc3c(c2)OCO3)C1. The molecule has 0 aliphatic carbocycles. The highest BCUT2D eigenvalue weighted by molar-refractivity contribution is 7.91. The van der Waals surface area contributed by atoms with Crippen molar-refractivity contribution in [3.63, 3.8) is 0 Å². The summed E-state index contributed by atoms with van der Waals surface area (Å²) in [5.41, 5.74) is 0.682. The Balaban J connectivity index is 1.83. The van der Waals surface area contributed by atoms with Crippen molar-refractivity contribution in [1.29, 1.82) is 0 Å². The third kappa shape index (κ3) is 2.06. The van der Waals surface area contributed by atoms with E-state index in [-0.39, 0.29) is 24.2 Å². The first kappa shape index (κ1) is 11.8. The Morgan fingerprint density at radius 3 is 2.78 bits per heavy atom. The van der Waals surface area contributed by atoms with Crippen LogP contribution in [0.25, 0.3) is 0 Å². The Bertz CT molecular complexity index is 566. The van der Waals surface area contributed by atoms with Gasteiger partial charge in [0, 0.05) is 5.92 Å². The highest BCUT2D eigenvalue weighted by atomic mass is 32.2. The van der Waals surface area contributed by atoms with Gasteiger partial charge >= 0.3 is 0 Å². The predicted molar refractivity (Wildman–Crippen MR) is 64.3 cm³/mol. The zero-order valence-corrected chi connectivity index (χ0v) is 10.5. The Kier molecular flexibility index (Phi) is 2.71. The molecule has 3 rings (SSSR count). The van der Waals surface area contributed by atoms with Crippen molar-refractivity contribution in [2.24, 2.45) is 5.92 Å². The van der Waals surface area contributed by atoms with Gasteiger partial charge in [0.2, 0.25) is 6.79 Å². The first-order chi connectivity index (χ1) is 8.55. The molecule has 2 unspecified atom stereocenters. The van der Waals surface area contributed by atoms with Crippen LogP contribution in [0.4, 0.5) is 0 Å². The molecule has 18 heavy (non-hydrogen) atoms. The average Bonchev–Trinajstić information content (AvgIpc) is 2.93. The number of rotatable bonds is 2. The standard InChI is InChI=1S/C12H14O5S/c13-12(9-3-4-18(14,15)6-9)8-1-2-10-11(5-8)17-7-16-10/h1-2,5,9,12-13H,3-4,6-7H2. The molecule has 5 nitrogen and oxygen atoms in total. The van der Waals surface area contributed by atoms with Gasteiger partial charge in [-0.15, -0.1) is 0 Å². The van der Waals surface area contributed by atoms with E-state index in [0.29, 0.717) is 23.5 Å². The fourth-order valence-corrected chi connectivity index (χ4v) is 4.27. The summed E-state index contributed by atoms with van der Waals surface area (Å²) >= 11 is 0. The van der Waals surface area contributed by atoms with E-state index in [4.69, 9.17) is 9.47 Å². The van der Waals surface area contributed by atoms with Gasteiger partial charge in [-0.25, -0.2) is 8.42 Å².